The van der Waals surface area contributed by atoms with Crippen LogP contribution in [0.15, 0.2) is 12.7 Å². The van der Waals surface area contributed by atoms with Crippen molar-refractivity contribution in [3.05, 3.63) is 12.7 Å². The normalized spacial score (nSPS) is 11.4. The van der Waals surface area contributed by atoms with Gasteiger partial charge < -0.3 is 25.6 Å². The van der Waals surface area contributed by atoms with Gasteiger partial charge in [0.15, 0.2) is 0 Å². The average molecular weight is 302 g/mol. The van der Waals surface area contributed by atoms with Crippen LogP contribution in [0.1, 0.15) is 25.7 Å². The van der Waals surface area contributed by atoms with Gasteiger partial charge in [0.1, 0.15) is 6.04 Å². The Bertz CT molecular complexity index is 359. The van der Waals surface area contributed by atoms with E-state index in [4.69, 9.17) is 14.9 Å². The van der Waals surface area contributed by atoms with Crippen LogP contribution in [0.4, 0.5) is 4.79 Å². The van der Waals surface area contributed by atoms with Gasteiger partial charge in [0.25, 0.3) is 0 Å². The lowest BCUT2D eigenvalue weighted by Gasteiger charge is -2.14. The zero-order valence-corrected chi connectivity index (χ0v) is 11.8. The molecule has 0 saturated heterocycles. The molecule has 0 rings (SSSR count). The third-order valence-electron chi connectivity index (χ3n) is 2.49. The summed E-state index contributed by atoms with van der Waals surface area (Å²) in [5, 5.41) is 22.2. The number of nitrogens with one attached hydrogen (secondary N) is 2. The van der Waals surface area contributed by atoms with Crippen molar-refractivity contribution >= 4 is 18.0 Å². The molecule has 0 aliphatic rings. The predicted octanol–water partition coefficient (Wildman–Crippen LogP) is 0.586. The molecule has 0 heterocycles. The molecule has 0 spiro atoms. The number of urea groups is 1. The van der Waals surface area contributed by atoms with Crippen LogP contribution in [-0.2, 0) is 14.3 Å². The molecule has 0 radical (unpaired) electrons. The largest absolute Gasteiger partial charge is 0.481 e. The van der Waals surface area contributed by atoms with E-state index < -0.39 is 24.0 Å². The smallest absolute Gasteiger partial charge is 0.326 e. The Morgan fingerprint density at radius 1 is 1.24 bits per heavy atom. The first-order valence-corrected chi connectivity index (χ1v) is 6.65. The number of amides is 2. The van der Waals surface area contributed by atoms with Crippen LogP contribution in [0.2, 0.25) is 0 Å². The fourth-order valence-electron chi connectivity index (χ4n) is 1.43. The molecule has 0 aromatic heterocycles. The third-order valence-corrected chi connectivity index (χ3v) is 2.49. The Labute approximate surface area is 123 Å². The molecular weight excluding hydrogens is 280 g/mol. The minimum Gasteiger partial charge on any atom is -0.481 e. The van der Waals surface area contributed by atoms with Crippen molar-refractivity contribution in [2.45, 2.75) is 31.7 Å². The highest BCUT2D eigenvalue weighted by atomic mass is 16.5. The van der Waals surface area contributed by atoms with Gasteiger partial charge in [0.05, 0.1) is 13.2 Å². The van der Waals surface area contributed by atoms with Gasteiger partial charge in [-0.25, -0.2) is 9.59 Å². The van der Waals surface area contributed by atoms with Gasteiger partial charge in [-0.2, -0.15) is 0 Å². The summed E-state index contributed by atoms with van der Waals surface area (Å²) in [5.41, 5.74) is 0. The molecule has 0 bridgehead atoms. The maximum atomic E-state index is 11.5. The quantitative estimate of drug-likeness (QED) is 0.309. The topological polar surface area (TPSA) is 125 Å². The summed E-state index contributed by atoms with van der Waals surface area (Å²) in [6, 6.07) is -1.73. The number of carbonyl (C=O) groups excluding carboxylic acids is 1. The van der Waals surface area contributed by atoms with Crippen LogP contribution in [0.5, 0.6) is 0 Å². The molecule has 8 heteroatoms. The summed E-state index contributed by atoms with van der Waals surface area (Å²) in [5.74, 6) is -2.20. The number of aliphatic carboxylic acids is 2. The first-order valence-electron chi connectivity index (χ1n) is 6.65. The van der Waals surface area contributed by atoms with E-state index in [9.17, 15) is 14.4 Å². The number of carbonyl (C=O) groups is 3. The van der Waals surface area contributed by atoms with Crippen LogP contribution >= 0.6 is 0 Å². The Balaban J connectivity index is 3.87. The summed E-state index contributed by atoms with van der Waals surface area (Å²) in [7, 11) is 0. The van der Waals surface area contributed by atoms with E-state index in [1.165, 1.54) is 0 Å². The monoisotopic (exact) mass is 302 g/mol. The number of carboxylic acids is 2. The molecule has 1 atom stereocenters. The molecular formula is C13H22N2O6. The second kappa shape index (κ2) is 11.7. The first-order chi connectivity index (χ1) is 9.97. The van der Waals surface area contributed by atoms with Crippen molar-refractivity contribution in [3.63, 3.8) is 0 Å². The van der Waals surface area contributed by atoms with Crippen molar-refractivity contribution in [2.75, 3.05) is 19.8 Å². The fraction of sp³-hybridized carbons (Fsp3) is 0.615. The number of ether oxygens (including phenoxy) is 1. The average Bonchev–Trinajstić information content (AvgIpc) is 2.41. The van der Waals surface area contributed by atoms with E-state index in [1.54, 1.807) is 6.08 Å². The predicted molar refractivity (Wildman–Crippen MR) is 75.1 cm³/mol. The summed E-state index contributed by atoms with van der Waals surface area (Å²) < 4.78 is 5.17. The van der Waals surface area contributed by atoms with Crippen molar-refractivity contribution < 1.29 is 29.3 Å². The van der Waals surface area contributed by atoms with Crippen LogP contribution in [0, 0.1) is 0 Å². The molecule has 0 unspecified atom stereocenters. The summed E-state index contributed by atoms with van der Waals surface area (Å²) in [6.07, 6.45) is 2.54. The number of carboxylic acid groups (broad SMARTS) is 2. The van der Waals surface area contributed by atoms with Crippen molar-refractivity contribution in [1.29, 1.82) is 0 Å². The molecule has 120 valence electrons. The van der Waals surface area contributed by atoms with E-state index in [2.05, 4.69) is 17.2 Å². The van der Waals surface area contributed by atoms with Crippen molar-refractivity contribution in [3.8, 4) is 0 Å². The van der Waals surface area contributed by atoms with Crippen LogP contribution < -0.4 is 10.6 Å². The molecule has 0 fully saturated rings. The molecule has 0 aromatic carbocycles. The van der Waals surface area contributed by atoms with Crippen LogP contribution in [-0.4, -0.2) is 54.0 Å². The second-order valence-corrected chi connectivity index (χ2v) is 4.27. The molecule has 0 saturated carbocycles. The summed E-state index contributed by atoms with van der Waals surface area (Å²) >= 11 is 0. The number of hydrogen-bond donors (Lipinski definition) is 4. The molecule has 2 amide bonds. The van der Waals surface area contributed by atoms with Gasteiger partial charge in [-0.15, -0.1) is 6.58 Å². The molecule has 21 heavy (non-hydrogen) atoms. The van der Waals surface area contributed by atoms with E-state index in [0.29, 0.717) is 13.2 Å². The lowest BCUT2D eigenvalue weighted by molar-refractivity contribution is -0.140. The Hall–Kier alpha value is -2.09. The van der Waals surface area contributed by atoms with E-state index in [0.717, 1.165) is 6.42 Å². The maximum Gasteiger partial charge on any atom is 0.326 e. The van der Waals surface area contributed by atoms with Gasteiger partial charge >= 0.3 is 18.0 Å². The summed E-state index contributed by atoms with van der Waals surface area (Å²) in [4.78, 5) is 32.8. The van der Waals surface area contributed by atoms with E-state index >= 15 is 0 Å². The van der Waals surface area contributed by atoms with Gasteiger partial charge in [-0.1, -0.05) is 6.08 Å². The fourth-order valence-corrected chi connectivity index (χ4v) is 1.43. The zero-order chi connectivity index (χ0) is 16.1. The molecule has 0 aromatic rings. The SMILES string of the molecule is C=CCCOCCNC(=O)N[C@H](CCCC(=O)O)C(=O)O. The van der Waals surface area contributed by atoms with Gasteiger partial charge in [-0.3, -0.25) is 4.79 Å². The zero-order valence-electron chi connectivity index (χ0n) is 11.8. The second-order valence-electron chi connectivity index (χ2n) is 4.27. The molecule has 4 N–H and O–H groups in total. The molecule has 0 aliphatic heterocycles. The lowest BCUT2D eigenvalue weighted by atomic mass is 10.1. The van der Waals surface area contributed by atoms with Crippen LogP contribution in [0.25, 0.3) is 0 Å². The Kier molecular flexibility index (Phi) is 10.5. The minimum absolute atomic E-state index is 0.0604. The number of rotatable bonds is 12. The number of hydrogen-bond acceptors (Lipinski definition) is 4. The van der Waals surface area contributed by atoms with Gasteiger partial charge in [-0.05, 0) is 19.3 Å². The van der Waals surface area contributed by atoms with Crippen LogP contribution in [0.3, 0.4) is 0 Å². The Morgan fingerprint density at radius 3 is 2.52 bits per heavy atom. The van der Waals surface area contributed by atoms with Crippen molar-refractivity contribution in [1.82, 2.24) is 10.6 Å². The van der Waals surface area contributed by atoms with Gasteiger partial charge in [0, 0.05) is 13.0 Å². The highest BCUT2D eigenvalue weighted by Gasteiger charge is 2.19. The molecule has 0 aliphatic carbocycles. The standard InChI is InChI=1S/C13H22N2O6/c1-2-3-8-21-9-7-14-13(20)15-10(12(18)19)5-4-6-11(16)17/h2,10H,1,3-9H2,(H,16,17)(H,18,19)(H2,14,15,20)/t10-/m1/s1. The van der Waals surface area contributed by atoms with Gasteiger partial charge in [0.2, 0.25) is 0 Å². The lowest BCUT2D eigenvalue weighted by Crippen LogP contribution is -2.46. The highest BCUT2D eigenvalue weighted by Crippen LogP contribution is 2.01. The minimum atomic E-state index is -1.20. The first kappa shape index (κ1) is 18.9. The Morgan fingerprint density at radius 2 is 1.95 bits per heavy atom. The third kappa shape index (κ3) is 11.4. The summed E-state index contributed by atoms with van der Waals surface area (Å²) in [6.45, 7) is 4.62. The molecule has 8 nitrogen and oxygen atoms in total. The van der Waals surface area contributed by atoms with Crippen molar-refractivity contribution in [2.24, 2.45) is 0 Å². The highest BCUT2D eigenvalue weighted by molar-refractivity contribution is 5.82. The maximum absolute atomic E-state index is 11.5. The van der Waals surface area contributed by atoms with E-state index in [1.807, 2.05) is 0 Å². The van der Waals surface area contributed by atoms with E-state index in [-0.39, 0.29) is 25.8 Å².